The van der Waals surface area contributed by atoms with E-state index in [9.17, 15) is 0 Å². The van der Waals surface area contributed by atoms with Crippen molar-refractivity contribution in [3.05, 3.63) is 29.8 Å². The molecule has 2 rings (SSSR count). The van der Waals surface area contributed by atoms with Crippen molar-refractivity contribution < 1.29 is 4.74 Å². The summed E-state index contributed by atoms with van der Waals surface area (Å²) in [7, 11) is 0. The van der Waals surface area contributed by atoms with Gasteiger partial charge in [0, 0.05) is 24.8 Å². The number of ether oxygens (including phenoxy) is 1. The van der Waals surface area contributed by atoms with E-state index >= 15 is 0 Å². The van der Waals surface area contributed by atoms with Crippen LogP contribution in [0, 0.1) is 11.3 Å². The van der Waals surface area contributed by atoms with E-state index in [4.69, 9.17) is 10.5 Å². The van der Waals surface area contributed by atoms with Crippen LogP contribution in [0.5, 0.6) is 0 Å². The van der Waals surface area contributed by atoms with Crippen LogP contribution >= 0.6 is 0 Å². The molecule has 3 N–H and O–H groups in total. The monoisotopic (exact) mass is 317 g/mol. The number of hydrogen-bond acceptors (Lipinski definition) is 2. The molecule has 2 atom stereocenters. The molecule has 4 heteroatoms. The highest BCUT2D eigenvalue weighted by Gasteiger charge is 2.35. The van der Waals surface area contributed by atoms with Crippen LogP contribution in [-0.4, -0.2) is 25.2 Å². The average Bonchev–Trinajstić information content (AvgIpc) is 2.52. The zero-order valence-electron chi connectivity index (χ0n) is 14.9. The lowest BCUT2D eigenvalue weighted by Crippen LogP contribution is -2.41. The third-order valence-electron chi connectivity index (χ3n) is 4.40. The summed E-state index contributed by atoms with van der Waals surface area (Å²) in [4.78, 5) is 4.57. The molecule has 23 heavy (non-hydrogen) atoms. The third kappa shape index (κ3) is 5.24. The highest BCUT2D eigenvalue weighted by Crippen LogP contribution is 2.34. The maximum Gasteiger partial charge on any atom is 0.193 e. The highest BCUT2D eigenvalue weighted by molar-refractivity contribution is 5.92. The summed E-state index contributed by atoms with van der Waals surface area (Å²) in [6.45, 7) is 10.4. The molecular formula is C19H31N3O. The molecule has 1 heterocycles. The molecule has 0 radical (unpaired) electrons. The van der Waals surface area contributed by atoms with E-state index in [1.54, 1.807) is 0 Å². The summed E-state index contributed by atoms with van der Waals surface area (Å²) in [6.07, 6.45) is 3.53. The van der Waals surface area contributed by atoms with E-state index in [1.807, 2.05) is 12.1 Å². The van der Waals surface area contributed by atoms with Gasteiger partial charge in [0.2, 0.25) is 0 Å². The summed E-state index contributed by atoms with van der Waals surface area (Å²) >= 11 is 0. The second kappa shape index (κ2) is 7.82. The van der Waals surface area contributed by atoms with Crippen molar-refractivity contribution in [3.8, 4) is 0 Å². The molecule has 1 fully saturated rings. The Morgan fingerprint density at radius 2 is 2.17 bits per heavy atom. The first-order valence-electron chi connectivity index (χ1n) is 8.67. The minimum absolute atomic E-state index is 0.137. The molecule has 0 bridgehead atoms. The molecular weight excluding hydrogens is 286 g/mol. The van der Waals surface area contributed by atoms with Gasteiger partial charge in [0.05, 0.1) is 6.10 Å². The molecule has 0 aliphatic carbocycles. The van der Waals surface area contributed by atoms with E-state index < -0.39 is 0 Å². The maximum atomic E-state index is 6.07. The number of nitrogens with zero attached hydrogens (tertiary/aromatic N) is 1. The number of nitrogens with one attached hydrogen (secondary N) is 1. The lowest BCUT2D eigenvalue weighted by atomic mass is 9.78. The fourth-order valence-electron chi connectivity index (χ4n) is 3.26. The van der Waals surface area contributed by atoms with Gasteiger partial charge in [-0.3, -0.25) is 4.99 Å². The normalized spacial score (nSPS) is 22.9. The average molecular weight is 317 g/mol. The van der Waals surface area contributed by atoms with Gasteiger partial charge in [0.15, 0.2) is 5.96 Å². The Balaban J connectivity index is 1.97. The van der Waals surface area contributed by atoms with Crippen molar-refractivity contribution >= 4 is 11.6 Å². The van der Waals surface area contributed by atoms with Crippen LogP contribution in [0.15, 0.2) is 29.3 Å². The topological polar surface area (TPSA) is 59.6 Å². The first-order chi connectivity index (χ1) is 10.9. The van der Waals surface area contributed by atoms with Crippen molar-refractivity contribution in [2.24, 2.45) is 22.1 Å². The number of benzene rings is 1. The minimum atomic E-state index is 0.137. The molecule has 1 aliphatic rings. The number of nitrogens with two attached hydrogens (primary N) is 1. The number of aryl methyl sites for hydroxylation is 1. The van der Waals surface area contributed by atoms with Gasteiger partial charge in [-0.1, -0.05) is 39.8 Å². The smallest absolute Gasteiger partial charge is 0.193 e. The Morgan fingerprint density at radius 3 is 2.87 bits per heavy atom. The summed E-state index contributed by atoms with van der Waals surface area (Å²) in [5.41, 5.74) is 8.49. The van der Waals surface area contributed by atoms with E-state index in [1.165, 1.54) is 5.56 Å². The van der Waals surface area contributed by atoms with E-state index in [2.05, 4.69) is 50.1 Å². The van der Waals surface area contributed by atoms with Crippen molar-refractivity contribution in [2.45, 2.75) is 53.1 Å². The predicted molar refractivity (Wildman–Crippen MR) is 97.9 cm³/mol. The molecule has 1 aromatic rings. The zero-order chi connectivity index (χ0) is 16.9. The van der Waals surface area contributed by atoms with Gasteiger partial charge in [0.1, 0.15) is 0 Å². The molecule has 4 nitrogen and oxygen atoms in total. The maximum absolute atomic E-state index is 6.07. The van der Waals surface area contributed by atoms with Crippen LogP contribution in [0.25, 0.3) is 0 Å². The van der Waals surface area contributed by atoms with Crippen molar-refractivity contribution in [1.29, 1.82) is 0 Å². The molecule has 0 aromatic heterocycles. The summed E-state index contributed by atoms with van der Waals surface area (Å²) in [5, 5.41) is 3.20. The lowest BCUT2D eigenvalue weighted by Gasteiger charge is -2.39. The zero-order valence-corrected chi connectivity index (χ0v) is 14.9. The van der Waals surface area contributed by atoms with Crippen molar-refractivity contribution in [1.82, 2.24) is 0 Å². The fourth-order valence-corrected chi connectivity index (χ4v) is 3.26. The number of aliphatic imine (C=N–C) groups is 1. The number of guanidine groups is 1. The van der Waals surface area contributed by atoms with Gasteiger partial charge in [-0.25, -0.2) is 0 Å². The second-order valence-electron chi connectivity index (χ2n) is 7.46. The van der Waals surface area contributed by atoms with Crippen LogP contribution in [0.4, 0.5) is 5.69 Å². The summed E-state index contributed by atoms with van der Waals surface area (Å²) < 4.78 is 6.01. The lowest BCUT2D eigenvalue weighted by molar-refractivity contribution is -0.0823. The van der Waals surface area contributed by atoms with Gasteiger partial charge in [0.25, 0.3) is 0 Å². The Labute approximate surface area is 140 Å². The van der Waals surface area contributed by atoms with Crippen LogP contribution in [-0.2, 0) is 11.2 Å². The van der Waals surface area contributed by atoms with Gasteiger partial charge in [-0.05, 0) is 42.4 Å². The first kappa shape index (κ1) is 17.8. The quantitative estimate of drug-likeness (QED) is 0.655. The van der Waals surface area contributed by atoms with Gasteiger partial charge >= 0.3 is 0 Å². The van der Waals surface area contributed by atoms with Crippen LogP contribution < -0.4 is 11.1 Å². The largest absolute Gasteiger partial charge is 0.377 e. The summed E-state index contributed by atoms with van der Waals surface area (Å²) in [5.74, 6) is 0.919. The molecule has 1 saturated heterocycles. The number of hydrogen-bond donors (Lipinski definition) is 2. The summed E-state index contributed by atoms with van der Waals surface area (Å²) in [6, 6.07) is 8.29. The molecule has 0 amide bonds. The minimum Gasteiger partial charge on any atom is -0.377 e. The molecule has 0 saturated carbocycles. The van der Waals surface area contributed by atoms with E-state index in [0.29, 0.717) is 18.4 Å². The molecule has 1 aromatic carbocycles. The molecule has 0 spiro atoms. The Bertz CT molecular complexity index is 534. The first-order valence-corrected chi connectivity index (χ1v) is 8.67. The van der Waals surface area contributed by atoms with E-state index in [-0.39, 0.29) is 11.5 Å². The van der Waals surface area contributed by atoms with Crippen LogP contribution in [0.1, 0.15) is 46.1 Å². The third-order valence-corrected chi connectivity index (χ3v) is 4.40. The van der Waals surface area contributed by atoms with E-state index in [0.717, 1.165) is 31.6 Å². The molecule has 128 valence electrons. The van der Waals surface area contributed by atoms with Crippen LogP contribution in [0.2, 0.25) is 0 Å². The number of anilines is 1. The van der Waals surface area contributed by atoms with Crippen molar-refractivity contribution in [3.63, 3.8) is 0 Å². The van der Waals surface area contributed by atoms with Gasteiger partial charge < -0.3 is 15.8 Å². The molecule has 1 aliphatic heterocycles. The fraction of sp³-hybridized carbons (Fsp3) is 0.632. The van der Waals surface area contributed by atoms with Gasteiger partial charge in [-0.15, -0.1) is 0 Å². The molecule has 2 unspecified atom stereocenters. The van der Waals surface area contributed by atoms with Gasteiger partial charge in [-0.2, -0.15) is 0 Å². The second-order valence-corrected chi connectivity index (χ2v) is 7.46. The Kier molecular flexibility index (Phi) is 6.05. The number of rotatable bonds is 4. The highest BCUT2D eigenvalue weighted by atomic mass is 16.5. The van der Waals surface area contributed by atoms with Crippen molar-refractivity contribution in [2.75, 3.05) is 18.5 Å². The Morgan fingerprint density at radius 1 is 1.39 bits per heavy atom. The Hall–Kier alpha value is -1.55. The SMILES string of the molecule is CCc1cccc(NC(N)=NCC2CCCOC2C(C)(C)C)c1. The standard InChI is InChI=1S/C19H31N3O/c1-5-14-8-6-10-16(12-14)22-18(20)21-13-15-9-7-11-23-17(15)19(2,3)4/h6,8,10,12,15,17H,5,7,9,11,13H2,1-4H3,(H3,20,21,22). The predicted octanol–water partition coefficient (Wildman–Crippen LogP) is 3.82. The van der Waals surface area contributed by atoms with Crippen LogP contribution in [0.3, 0.4) is 0 Å².